The average molecular weight is 580 g/mol. The Morgan fingerprint density at radius 1 is 0.810 bits per heavy atom. The lowest BCUT2D eigenvalue weighted by Gasteiger charge is -2.25. The smallest absolute Gasteiger partial charge is 0.336 e. The second-order valence-electron chi connectivity index (χ2n) is 11.3. The maximum absolute atomic E-state index is 13.1. The summed E-state index contributed by atoms with van der Waals surface area (Å²) in [6, 6.07) is 28.8. The normalized spacial score (nSPS) is 12.3. The molecule has 0 saturated heterocycles. The lowest BCUT2D eigenvalue weighted by atomic mass is 9.80. The van der Waals surface area contributed by atoms with Gasteiger partial charge < -0.3 is 10.4 Å². The van der Waals surface area contributed by atoms with Crippen LogP contribution in [0.15, 0.2) is 96.6 Å². The van der Waals surface area contributed by atoms with Gasteiger partial charge in [0.1, 0.15) is 0 Å². The van der Waals surface area contributed by atoms with Crippen molar-refractivity contribution >= 4 is 29.1 Å². The predicted molar refractivity (Wildman–Crippen MR) is 173 cm³/mol. The summed E-state index contributed by atoms with van der Waals surface area (Å²) in [6.07, 6.45) is 0.872. The van der Waals surface area contributed by atoms with E-state index in [1.807, 2.05) is 60.7 Å². The number of carbonyl (C=O) groups is 2. The summed E-state index contributed by atoms with van der Waals surface area (Å²) in [7, 11) is 0. The molecule has 2 atom stereocenters. The lowest BCUT2D eigenvalue weighted by molar-refractivity contribution is 0.0697. The largest absolute Gasteiger partial charge is 0.478 e. The van der Waals surface area contributed by atoms with Gasteiger partial charge >= 0.3 is 5.97 Å². The molecule has 0 heterocycles. The van der Waals surface area contributed by atoms with E-state index >= 15 is 0 Å². The Balaban J connectivity index is 1.52. The zero-order valence-corrected chi connectivity index (χ0v) is 25.6. The van der Waals surface area contributed by atoms with Crippen LogP contribution in [-0.2, 0) is 13.0 Å². The number of benzene rings is 4. The van der Waals surface area contributed by atoms with E-state index in [4.69, 9.17) is 11.6 Å². The molecule has 2 N–H and O–H groups in total. The van der Waals surface area contributed by atoms with Crippen LogP contribution in [0.1, 0.15) is 83.5 Å². The molecular formula is C37H38ClNO3. The van der Waals surface area contributed by atoms with Gasteiger partial charge in [-0.25, -0.2) is 4.79 Å². The molecule has 0 aliphatic carbocycles. The van der Waals surface area contributed by atoms with Gasteiger partial charge in [-0.1, -0.05) is 91.7 Å². The van der Waals surface area contributed by atoms with Crippen LogP contribution < -0.4 is 5.32 Å². The van der Waals surface area contributed by atoms with Gasteiger partial charge in [0.05, 0.1) is 5.56 Å². The van der Waals surface area contributed by atoms with Crippen LogP contribution >= 0.6 is 11.6 Å². The summed E-state index contributed by atoms with van der Waals surface area (Å²) in [5.74, 6) is -0.475. The number of allylic oxidation sites excluding steroid dienone is 2. The summed E-state index contributed by atoms with van der Waals surface area (Å²) in [5, 5.41) is 13.2. The van der Waals surface area contributed by atoms with E-state index in [0.717, 1.165) is 28.7 Å². The molecule has 5 heteroatoms. The summed E-state index contributed by atoms with van der Waals surface area (Å²) < 4.78 is 0. The van der Waals surface area contributed by atoms with Crippen LogP contribution in [-0.4, -0.2) is 17.0 Å². The van der Waals surface area contributed by atoms with Gasteiger partial charge in [0.2, 0.25) is 0 Å². The first kappa shape index (κ1) is 30.8. The number of carboxylic acid groups (broad SMARTS) is 1. The van der Waals surface area contributed by atoms with E-state index in [-0.39, 0.29) is 11.8 Å². The Morgan fingerprint density at radius 2 is 1.52 bits per heavy atom. The van der Waals surface area contributed by atoms with Crippen LogP contribution in [0.5, 0.6) is 0 Å². The molecule has 0 bridgehead atoms. The molecular weight excluding hydrogens is 542 g/mol. The topological polar surface area (TPSA) is 66.4 Å². The predicted octanol–water partition coefficient (Wildman–Crippen LogP) is 9.43. The van der Waals surface area contributed by atoms with Crippen molar-refractivity contribution in [3.05, 3.63) is 135 Å². The number of amides is 1. The third-order valence-electron chi connectivity index (χ3n) is 8.14. The van der Waals surface area contributed by atoms with Gasteiger partial charge in [-0.05, 0) is 108 Å². The molecule has 0 spiro atoms. The SMILES string of the molecule is CC(C)=C(C)c1cc(C(=O)NCc2cccc(Cl)c2)ccc1C(C)C(C)Cc1ccc(-c2ccccc2C(=O)O)cc1. The van der Waals surface area contributed by atoms with E-state index in [1.165, 1.54) is 22.3 Å². The number of hydrogen-bond donors (Lipinski definition) is 2. The third-order valence-corrected chi connectivity index (χ3v) is 8.37. The Bertz CT molecular complexity index is 1620. The number of nitrogens with one attached hydrogen (secondary N) is 1. The highest BCUT2D eigenvalue weighted by Crippen LogP contribution is 2.35. The molecule has 1 amide bonds. The minimum Gasteiger partial charge on any atom is -0.478 e. The van der Waals surface area contributed by atoms with Gasteiger partial charge in [0.15, 0.2) is 0 Å². The fraction of sp³-hybridized carbons (Fsp3) is 0.243. The molecule has 42 heavy (non-hydrogen) atoms. The zero-order chi connectivity index (χ0) is 30.4. The second-order valence-corrected chi connectivity index (χ2v) is 11.7. The molecule has 0 fully saturated rings. The average Bonchev–Trinajstić information content (AvgIpc) is 2.99. The molecule has 0 radical (unpaired) electrons. The van der Waals surface area contributed by atoms with Crippen LogP contribution in [0, 0.1) is 5.92 Å². The van der Waals surface area contributed by atoms with Crippen LogP contribution in [0.2, 0.25) is 5.02 Å². The summed E-state index contributed by atoms with van der Waals surface area (Å²) in [6.45, 7) is 11.2. The first-order valence-corrected chi connectivity index (χ1v) is 14.7. The number of carboxylic acids is 1. The standard InChI is InChI=1S/C37H38ClNO3/c1-23(2)25(4)35-21-30(36(40)39-22-28-9-8-10-31(38)20-28)17-18-32(35)26(5)24(3)19-27-13-15-29(16-14-27)33-11-6-7-12-34(33)37(41)42/h6-18,20-21,24,26H,19,22H2,1-5H3,(H,39,40)(H,41,42). The van der Waals surface area contributed by atoms with Gasteiger partial charge in [-0.2, -0.15) is 0 Å². The molecule has 4 aromatic carbocycles. The molecule has 0 saturated carbocycles. The van der Waals surface area contributed by atoms with Crippen molar-refractivity contribution in [3.8, 4) is 11.1 Å². The Kier molecular flexibility index (Phi) is 10.0. The Morgan fingerprint density at radius 3 is 2.19 bits per heavy atom. The van der Waals surface area contributed by atoms with E-state index in [2.05, 4.69) is 58.1 Å². The molecule has 0 aromatic heterocycles. The number of carbonyl (C=O) groups excluding carboxylic acids is 1. The fourth-order valence-electron chi connectivity index (χ4n) is 5.22. The molecule has 216 valence electrons. The molecule has 0 aliphatic heterocycles. The van der Waals surface area contributed by atoms with E-state index in [9.17, 15) is 14.7 Å². The van der Waals surface area contributed by atoms with Crippen LogP contribution in [0.4, 0.5) is 0 Å². The van der Waals surface area contributed by atoms with Crippen molar-refractivity contribution in [1.29, 1.82) is 0 Å². The second kappa shape index (κ2) is 13.7. The van der Waals surface area contributed by atoms with Crippen LogP contribution in [0.3, 0.4) is 0 Å². The first-order valence-electron chi connectivity index (χ1n) is 14.3. The molecule has 0 aliphatic rings. The minimum atomic E-state index is -0.927. The van der Waals surface area contributed by atoms with Crippen molar-refractivity contribution in [1.82, 2.24) is 5.32 Å². The van der Waals surface area contributed by atoms with Crippen LogP contribution in [0.25, 0.3) is 16.7 Å². The maximum atomic E-state index is 13.1. The third kappa shape index (κ3) is 7.37. The highest BCUT2D eigenvalue weighted by Gasteiger charge is 2.21. The zero-order valence-electron chi connectivity index (χ0n) is 24.9. The molecule has 4 aromatic rings. The van der Waals surface area contributed by atoms with Crippen molar-refractivity contribution in [2.45, 2.75) is 53.5 Å². The number of halogens is 1. The van der Waals surface area contributed by atoms with Gasteiger partial charge in [-0.15, -0.1) is 0 Å². The quantitative estimate of drug-likeness (QED) is 0.197. The molecule has 4 nitrogen and oxygen atoms in total. The van der Waals surface area contributed by atoms with Crippen molar-refractivity contribution < 1.29 is 14.7 Å². The molecule has 4 rings (SSSR count). The lowest BCUT2D eigenvalue weighted by Crippen LogP contribution is -2.23. The number of aromatic carboxylic acids is 1. The molecule has 2 unspecified atom stereocenters. The van der Waals surface area contributed by atoms with E-state index in [1.54, 1.807) is 12.1 Å². The summed E-state index contributed by atoms with van der Waals surface area (Å²) in [5.41, 5.74) is 9.41. The van der Waals surface area contributed by atoms with E-state index < -0.39 is 5.97 Å². The number of rotatable bonds is 10. The fourth-order valence-corrected chi connectivity index (χ4v) is 5.43. The van der Waals surface area contributed by atoms with Gasteiger partial charge in [-0.3, -0.25) is 4.79 Å². The van der Waals surface area contributed by atoms with Crippen molar-refractivity contribution in [2.75, 3.05) is 0 Å². The number of hydrogen-bond acceptors (Lipinski definition) is 2. The highest BCUT2D eigenvalue weighted by atomic mass is 35.5. The Labute approximate surface area is 254 Å². The Hall–Kier alpha value is -4.15. The highest BCUT2D eigenvalue weighted by molar-refractivity contribution is 6.30. The van der Waals surface area contributed by atoms with Gasteiger partial charge in [0, 0.05) is 17.1 Å². The monoisotopic (exact) mass is 579 g/mol. The maximum Gasteiger partial charge on any atom is 0.336 e. The van der Waals surface area contributed by atoms with Crippen molar-refractivity contribution in [2.24, 2.45) is 5.92 Å². The van der Waals surface area contributed by atoms with Gasteiger partial charge in [0.25, 0.3) is 5.91 Å². The summed E-state index contributed by atoms with van der Waals surface area (Å²) >= 11 is 6.10. The first-order chi connectivity index (χ1) is 20.0. The summed E-state index contributed by atoms with van der Waals surface area (Å²) in [4.78, 5) is 24.8. The van der Waals surface area contributed by atoms with E-state index in [0.29, 0.717) is 28.6 Å². The van der Waals surface area contributed by atoms with Crippen molar-refractivity contribution in [3.63, 3.8) is 0 Å². The minimum absolute atomic E-state index is 0.116.